The molecule has 2 N–H and O–H groups in total. The molecule has 6 heteroatoms. The average Bonchev–Trinajstić information content (AvgIpc) is 2.63. The monoisotopic (exact) mass is 334 g/mol. The number of quaternary nitrogens is 1. The van der Waals surface area contributed by atoms with Gasteiger partial charge in [-0.1, -0.05) is 0 Å². The molecular weight excluding hydrogens is 306 g/mol. The highest BCUT2D eigenvalue weighted by Gasteiger charge is 2.13. The van der Waals surface area contributed by atoms with Crippen LogP contribution in [-0.2, 0) is 4.74 Å². The molecule has 1 aliphatic rings. The van der Waals surface area contributed by atoms with E-state index in [1.54, 1.807) is 36.3 Å². The van der Waals surface area contributed by atoms with E-state index in [-0.39, 0.29) is 5.91 Å². The molecule has 0 aliphatic carbocycles. The molecule has 2 rings (SSSR count). The Morgan fingerprint density at radius 1 is 1.21 bits per heavy atom. The number of carbonyl (C=O) groups excluding carboxylic acids is 1. The van der Waals surface area contributed by atoms with Gasteiger partial charge in [0.15, 0.2) is 0 Å². The second-order valence-electron chi connectivity index (χ2n) is 5.86. The number of methoxy groups -OCH3 is 1. The molecule has 6 nitrogen and oxygen atoms in total. The second kappa shape index (κ2) is 9.93. The van der Waals surface area contributed by atoms with E-state index in [0.717, 1.165) is 12.3 Å². The van der Waals surface area contributed by atoms with E-state index in [1.165, 1.54) is 32.4 Å². The predicted molar refractivity (Wildman–Crippen MR) is 93.8 cm³/mol. The van der Waals surface area contributed by atoms with Gasteiger partial charge in [0.25, 0.3) is 11.9 Å². The van der Waals surface area contributed by atoms with Crippen molar-refractivity contribution in [3.63, 3.8) is 0 Å². The van der Waals surface area contributed by atoms with E-state index in [0.29, 0.717) is 24.7 Å². The molecule has 1 aromatic rings. The number of ether oxygens (including phenoxy) is 2. The summed E-state index contributed by atoms with van der Waals surface area (Å²) in [7, 11) is 1.60. The first-order valence-corrected chi connectivity index (χ1v) is 8.69. The molecule has 24 heavy (non-hydrogen) atoms. The highest BCUT2D eigenvalue weighted by atomic mass is 16.5. The summed E-state index contributed by atoms with van der Waals surface area (Å²) in [4.78, 5) is 18.3. The normalized spacial score (nSPS) is 15.8. The van der Waals surface area contributed by atoms with Gasteiger partial charge in [-0.05, 0) is 50.5 Å². The topological polar surface area (TPSA) is 64.4 Å². The van der Waals surface area contributed by atoms with E-state index < -0.39 is 0 Å². The maximum absolute atomic E-state index is 12.3. The van der Waals surface area contributed by atoms with Crippen molar-refractivity contribution in [2.24, 2.45) is 4.99 Å². The van der Waals surface area contributed by atoms with Gasteiger partial charge in [-0.3, -0.25) is 10.1 Å². The van der Waals surface area contributed by atoms with E-state index in [2.05, 4.69) is 10.3 Å². The molecule has 1 saturated heterocycles. The van der Waals surface area contributed by atoms with Gasteiger partial charge in [-0.2, -0.15) is 0 Å². The molecule has 1 heterocycles. The molecule has 1 amide bonds. The summed E-state index contributed by atoms with van der Waals surface area (Å²) in [6, 6.07) is 7.25. The highest BCUT2D eigenvalue weighted by Crippen LogP contribution is 2.11. The Hall–Kier alpha value is -2.08. The van der Waals surface area contributed by atoms with Crippen LogP contribution in [0.15, 0.2) is 29.3 Å². The van der Waals surface area contributed by atoms with Crippen LogP contribution in [0.3, 0.4) is 0 Å². The SMILES string of the molecule is CCOC(=NCC[NH+]1CCCCC1)NC(=O)c1ccc(OC)cc1. The van der Waals surface area contributed by atoms with Crippen molar-refractivity contribution < 1.29 is 19.2 Å². The predicted octanol–water partition coefficient (Wildman–Crippen LogP) is 0.886. The molecule has 1 aliphatic heterocycles. The summed E-state index contributed by atoms with van der Waals surface area (Å²) < 4.78 is 10.5. The van der Waals surface area contributed by atoms with Crippen molar-refractivity contribution in [1.82, 2.24) is 5.32 Å². The second-order valence-corrected chi connectivity index (χ2v) is 5.86. The van der Waals surface area contributed by atoms with E-state index in [1.807, 2.05) is 6.92 Å². The zero-order valence-corrected chi connectivity index (χ0v) is 14.6. The molecule has 1 aromatic carbocycles. The third kappa shape index (κ3) is 5.85. The van der Waals surface area contributed by atoms with Crippen LogP contribution in [0, 0.1) is 0 Å². The molecule has 0 atom stereocenters. The lowest BCUT2D eigenvalue weighted by molar-refractivity contribution is -0.903. The van der Waals surface area contributed by atoms with E-state index >= 15 is 0 Å². The van der Waals surface area contributed by atoms with Crippen molar-refractivity contribution in [2.45, 2.75) is 26.2 Å². The van der Waals surface area contributed by atoms with Crippen LogP contribution in [0.2, 0.25) is 0 Å². The van der Waals surface area contributed by atoms with Crippen molar-refractivity contribution in [2.75, 3.05) is 39.9 Å². The molecule has 0 aromatic heterocycles. The Balaban J connectivity index is 1.88. The minimum atomic E-state index is -0.227. The summed E-state index contributed by atoms with van der Waals surface area (Å²) in [6.45, 7) is 6.43. The third-order valence-electron chi connectivity index (χ3n) is 4.14. The average molecular weight is 334 g/mol. The molecule has 0 spiro atoms. The lowest BCUT2D eigenvalue weighted by Crippen LogP contribution is -3.13. The van der Waals surface area contributed by atoms with Crippen LogP contribution >= 0.6 is 0 Å². The maximum atomic E-state index is 12.3. The first kappa shape index (κ1) is 18.3. The molecule has 0 bridgehead atoms. The number of carbonyl (C=O) groups is 1. The first-order valence-electron chi connectivity index (χ1n) is 8.69. The quantitative estimate of drug-likeness (QED) is 0.600. The maximum Gasteiger partial charge on any atom is 0.291 e. The van der Waals surface area contributed by atoms with Crippen molar-refractivity contribution in [3.8, 4) is 5.75 Å². The number of hydrogen-bond donors (Lipinski definition) is 2. The number of hydrogen-bond acceptors (Lipinski definition) is 4. The largest absolute Gasteiger partial charge is 0.497 e. The summed E-state index contributed by atoms with van der Waals surface area (Å²) in [5.74, 6) is 0.491. The van der Waals surface area contributed by atoms with Gasteiger partial charge in [0.2, 0.25) is 0 Å². The first-order chi connectivity index (χ1) is 11.7. The van der Waals surface area contributed by atoms with Gasteiger partial charge in [-0.25, -0.2) is 4.99 Å². The molecule has 0 saturated carbocycles. The number of nitrogens with one attached hydrogen (secondary N) is 2. The molecule has 1 fully saturated rings. The van der Waals surface area contributed by atoms with Crippen LogP contribution in [0.1, 0.15) is 36.5 Å². The lowest BCUT2D eigenvalue weighted by Gasteiger charge is -2.22. The number of likely N-dealkylation sites (tertiary alicyclic amines) is 1. The van der Waals surface area contributed by atoms with Gasteiger partial charge in [0.1, 0.15) is 5.75 Å². The minimum absolute atomic E-state index is 0.227. The number of benzene rings is 1. The van der Waals surface area contributed by atoms with Crippen LogP contribution < -0.4 is 15.0 Å². The number of aliphatic imine (C=N–C) groups is 1. The van der Waals surface area contributed by atoms with Gasteiger partial charge < -0.3 is 14.4 Å². The zero-order valence-electron chi connectivity index (χ0n) is 14.6. The Labute approximate surface area is 143 Å². The summed E-state index contributed by atoms with van der Waals surface area (Å²) in [5, 5.41) is 2.75. The fourth-order valence-electron chi connectivity index (χ4n) is 2.79. The van der Waals surface area contributed by atoms with Gasteiger partial charge in [0.05, 0.1) is 39.9 Å². The van der Waals surface area contributed by atoms with Crippen molar-refractivity contribution in [3.05, 3.63) is 29.8 Å². The van der Waals surface area contributed by atoms with Gasteiger partial charge in [-0.15, -0.1) is 0 Å². The van der Waals surface area contributed by atoms with E-state index in [4.69, 9.17) is 9.47 Å². The van der Waals surface area contributed by atoms with Crippen LogP contribution in [-0.4, -0.2) is 51.8 Å². The van der Waals surface area contributed by atoms with Crippen molar-refractivity contribution in [1.29, 1.82) is 0 Å². The highest BCUT2D eigenvalue weighted by molar-refractivity contribution is 6.04. The van der Waals surface area contributed by atoms with Crippen molar-refractivity contribution >= 4 is 11.9 Å². The summed E-state index contributed by atoms with van der Waals surface area (Å²) >= 11 is 0. The fraction of sp³-hybridized carbons (Fsp3) is 0.556. The standard InChI is InChI=1S/C18H27N3O3/c1-3-24-18(19-11-14-21-12-5-4-6-13-21)20-17(22)15-7-9-16(23-2)10-8-15/h7-10H,3-6,11-14H2,1-2H3,(H,19,20,22)/p+1. The van der Waals surface area contributed by atoms with Crippen LogP contribution in [0.5, 0.6) is 5.75 Å². The number of nitrogens with zero attached hydrogens (tertiary/aromatic N) is 1. The number of amides is 1. The smallest absolute Gasteiger partial charge is 0.291 e. The Morgan fingerprint density at radius 2 is 1.92 bits per heavy atom. The molecule has 0 unspecified atom stereocenters. The Bertz CT molecular complexity index is 537. The minimum Gasteiger partial charge on any atom is -0.497 e. The van der Waals surface area contributed by atoms with Gasteiger partial charge in [0, 0.05) is 5.56 Å². The van der Waals surface area contributed by atoms with Crippen LogP contribution in [0.25, 0.3) is 0 Å². The summed E-state index contributed by atoms with van der Waals surface area (Å²) in [6.07, 6.45) is 3.94. The van der Waals surface area contributed by atoms with E-state index in [9.17, 15) is 4.79 Å². The fourth-order valence-corrected chi connectivity index (χ4v) is 2.79. The number of amidine groups is 1. The molecular formula is C18H28N3O3+. The van der Waals surface area contributed by atoms with Crippen LogP contribution in [0.4, 0.5) is 0 Å². The number of rotatable bonds is 6. The molecule has 0 radical (unpaired) electrons. The molecule has 132 valence electrons. The number of piperidine rings is 1. The van der Waals surface area contributed by atoms with Gasteiger partial charge >= 0.3 is 0 Å². The Kier molecular flexibility index (Phi) is 7.55. The lowest BCUT2D eigenvalue weighted by atomic mass is 10.1. The zero-order chi connectivity index (χ0) is 17.2. The Morgan fingerprint density at radius 3 is 2.54 bits per heavy atom. The summed E-state index contributed by atoms with van der Waals surface area (Å²) in [5.41, 5.74) is 0.546. The third-order valence-corrected chi connectivity index (χ3v) is 4.14.